The quantitative estimate of drug-likeness (QED) is 0.682. The van der Waals surface area contributed by atoms with Gasteiger partial charge in [-0.2, -0.15) is 0 Å². The molecule has 0 aromatic heterocycles. The highest BCUT2D eigenvalue weighted by atomic mass is 16.5. The Balaban J connectivity index is 3.18. The van der Waals surface area contributed by atoms with Gasteiger partial charge in [0, 0.05) is 0 Å². The molecule has 1 unspecified atom stereocenters. The molecule has 1 aromatic rings. The lowest BCUT2D eigenvalue weighted by Gasteiger charge is -2.25. The molecule has 0 fully saturated rings. The van der Waals surface area contributed by atoms with Gasteiger partial charge in [-0.3, -0.25) is 0 Å². The highest BCUT2D eigenvalue weighted by molar-refractivity contribution is 5.45. The summed E-state index contributed by atoms with van der Waals surface area (Å²) in [7, 11) is 0. The van der Waals surface area contributed by atoms with E-state index in [9.17, 15) is 0 Å². The Morgan fingerprint density at radius 1 is 0.778 bits per heavy atom. The van der Waals surface area contributed by atoms with Crippen molar-refractivity contribution in [1.29, 1.82) is 0 Å². The predicted octanol–water partition coefficient (Wildman–Crippen LogP) is 5.36. The van der Waals surface area contributed by atoms with Crippen LogP contribution in [0.1, 0.15) is 71.4 Å². The van der Waals surface area contributed by atoms with E-state index in [1.807, 2.05) is 0 Å². The lowest BCUT2D eigenvalue weighted by Crippen LogP contribution is -2.20. The normalized spacial score (nSPS) is 13.4. The molecule has 0 amide bonds. The third kappa shape index (κ3) is 3.51. The van der Waals surface area contributed by atoms with Crippen molar-refractivity contribution in [3.8, 4) is 5.75 Å². The largest absolute Gasteiger partial charge is 0.490 e. The molecule has 0 saturated carbocycles. The fourth-order valence-corrected chi connectivity index (χ4v) is 1.94. The van der Waals surface area contributed by atoms with Crippen LogP contribution in [0.4, 0.5) is 0 Å². The SMILES string of the molecule is CC(C)c1cccc(C(C)C)c1OC(C)C(C)C. The lowest BCUT2D eigenvalue weighted by molar-refractivity contribution is 0.166. The Morgan fingerprint density at radius 2 is 1.22 bits per heavy atom. The molecule has 1 heteroatoms. The van der Waals surface area contributed by atoms with Gasteiger partial charge in [0.05, 0.1) is 6.10 Å². The molecule has 0 saturated heterocycles. The number of hydrogen-bond donors (Lipinski definition) is 0. The minimum Gasteiger partial charge on any atom is -0.490 e. The molecule has 0 bridgehead atoms. The van der Waals surface area contributed by atoms with Crippen molar-refractivity contribution in [3.63, 3.8) is 0 Å². The highest BCUT2D eigenvalue weighted by Gasteiger charge is 2.18. The summed E-state index contributed by atoms with van der Waals surface area (Å²) in [5.74, 6) is 2.64. The van der Waals surface area contributed by atoms with Gasteiger partial charge in [0.2, 0.25) is 0 Å². The molecule has 0 spiro atoms. The van der Waals surface area contributed by atoms with Crippen molar-refractivity contribution in [2.45, 2.75) is 66.4 Å². The first-order valence-electron chi connectivity index (χ1n) is 7.14. The molecule has 0 heterocycles. The van der Waals surface area contributed by atoms with E-state index in [1.165, 1.54) is 11.1 Å². The Kier molecular flexibility index (Phi) is 5.25. The average Bonchev–Trinajstić information content (AvgIpc) is 2.28. The van der Waals surface area contributed by atoms with Gasteiger partial charge in [-0.15, -0.1) is 0 Å². The molecule has 0 N–H and O–H groups in total. The van der Waals surface area contributed by atoms with Gasteiger partial charge in [0.25, 0.3) is 0 Å². The monoisotopic (exact) mass is 248 g/mol. The molecule has 0 aliphatic carbocycles. The van der Waals surface area contributed by atoms with E-state index in [-0.39, 0.29) is 6.10 Å². The van der Waals surface area contributed by atoms with Crippen LogP contribution >= 0.6 is 0 Å². The second-order valence-electron chi connectivity index (χ2n) is 6.14. The summed E-state index contributed by atoms with van der Waals surface area (Å²) in [5.41, 5.74) is 2.66. The van der Waals surface area contributed by atoms with Crippen LogP contribution in [0, 0.1) is 5.92 Å². The van der Waals surface area contributed by atoms with Gasteiger partial charge in [0.1, 0.15) is 5.75 Å². The molecule has 1 atom stereocenters. The average molecular weight is 248 g/mol. The summed E-state index contributed by atoms with van der Waals surface area (Å²) < 4.78 is 6.26. The minimum absolute atomic E-state index is 0.252. The van der Waals surface area contributed by atoms with E-state index in [2.05, 4.69) is 66.7 Å². The van der Waals surface area contributed by atoms with Crippen LogP contribution in [0.5, 0.6) is 5.75 Å². The second-order valence-corrected chi connectivity index (χ2v) is 6.14. The van der Waals surface area contributed by atoms with Crippen molar-refractivity contribution in [2.75, 3.05) is 0 Å². The molecule has 1 rings (SSSR count). The molecule has 0 aliphatic rings. The van der Waals surface area contributed by atoms with Gasteiger partial charge in [-0.05, 0) is 35.8 Å². The van der Waals surface area contributed by atoms with Crippen LogP contribution in [0.3, 0.4) is 0 Å². The Labute approximate surface area is 113 Å². The maximum absolute atomic E-state index is 6.26. The first-order valence-corrected chi connectivity index (χ1v) is 7.14. The molecule has 1 nitrogen and oxygen atoms in total. The van der Waals surface area contributed by atoms with E-state index in [1.54, 1.807) is 0 Å². The molecule has 18 heavy (non-hydrogen) atoms. The summed E-state index contributed by atoms with van der Waals surface area (Å²) in [6.45, 7) is 15.5. The minimum atomic E-state index is 0.252. The molecular formula is C17H28O. The fraction of sp³-hybridized carbons (Fsp3) is 0.647. The highest BCUT2D eigenvalue weighted by Crippen LogP contribution is 2.35. The van der Waals surface area contributed by atoms with E-state index >= 15 is 0 Å². The standard InChI is InChI=1S/C17H28O/c1-11(2)14(7)18-17-15(12(3)4)9-8-10-16(17)13(5)6/h8-14H,1-7H3. The van der Waals surface area contributed by atoms with Gasteiger partial charge in [0.15, 0.2) is 0 Å². The lowest BCUT2D eigenvalue weighted by atomic mass is 9.93. The van der Waals surface area contributed by atoms with Gasteiger partial charge in [-0.25, -0.2) is 0 Å². The van der Waals surface area contributed by atoms with Crippen LogP contribution in [-0.2, 0) is 0 Å². The van der Waals surface area contributed by atoms with Gasteiger partial charge in [-0.1, -0.05) is 59.7 Å². The van der Waals surface area contributed by atoms with Crippen LogP contribution in [0.25, 0.3) is 0 Å². The third-order valence-electron chi connectivity index (χ3n) is 3.56. The van der Waals surface area contributed by atoms with E-state index in [0.717, 1.165) is 5.75 Å². The number of hydrogen-bond acceptors (Lipinski definition) is 1. The predicted molar refractivity (Wildman–Crippen MR) is 79.5 cm³/mol. The van der Waals surface area contributed by atoms with Crippen molar-refractivity contribution >= 4 is 0 Å². The maximum Gasteiger partial charge on any atom is 0.126 e. The smallest absolute Gasteiger partial charge is 0.126 e. The summed E-state index contributed by atoms with van der Waals surface area (Å²) in [5, 5.41) is 0. The van der Waals surface area contributed by atoms with Crippen molar-refractivity contribution in [1.82, 2.24) is 0 Å². The van der Waals surface area contributed by atoms with Crippen LogP contribution in [0.2, 0.25) is 0 Å². The Hall–Kier alpha value is -0.980. The molecule has 0 radical (unpaired) electrons. The maximum atomic E-state index is 6.26. The molecule has 1 aromatic carbocycles. The fourth-order valence-electron chi connectivity index (χ4n) is 1.94. The van der Waals surface area contributed by atoms with Crippen molar-refractivity contribution < 1.29 is 4.74 Å². The van der Waals surface area contributed by atoms with Gasteiger partial charge >= 0.3 is 0 Å². The summed E-state index contributed by atoms with van der Waals surface area (Å²) in [4.78, 5) is 0. The second kappa shape index (κ2) is 6.26. The number of rotatable bonds is 5. The zero-order valence-electron chi connectivity index (χ0n) is 12.9. The van der Waals surface area contributed by atoms with Crippen molar-refractivity contribution in [3.05, 3.63) is 29.3 Å². The van der Waals surface area contributed by atoms with E-state index < -0.39 is 0 Å². The Morgan fingerprint density at radius 3 is 1.56 bits per heavy atom. The number of benzene rings is 1. The summed E-state index contributed by atoms with van der Waals surface area (Å²) in [6.07, 6.45) is 0.252. The zero-order chi connectivity index (χ0) is 13.9. The van der Waals surface area contributed by atoms with Crippen LogP contribution in [0.15, 0.2) is 18.2 Å². The first-order chi connectivity index (χ1) is 8.34. The number of para-hydroxylation sites is 1. The summed E-state index contributed by atoms with van der Waals surface area (Å²) >= 11 is 0. The molecule has 0 aliphatic heterocycles. The van der Waals surface area contributed by atoms with E-state index in [4.69, 9.17) is 4.74 Å². The van der Waals surface area contributed by atoms with E-state index in [0.29, 0.717) is 17.8 Å². The molecule has 102 valence electrons. The Bertz CT molecular complexity index is 351. The van der Waals surface area contributed by atoms with Crippen molar-refractivity contribution in [2.24, 2.45) is 5.92 Å². The molecular weight excluding hydrogens is 220 g/mol. The van der Waals surface area contributed by atoms with Crippen LogP contribution < -0.4 is 4.74 Å². The first kappa shape index (κ1) is 15.1. The van der Waals surface area contributed by atoms with Crippen LogP contribution in [-0.4, -0.2) is 6.10 Å². The van der Waals surface area contributed by atoms with Gasteiger partial charge < -0.3 is 4.74 Å². The third-order valence-corrected chi connectivity index (χ3v) is 3.56. The number of ether oxygens (including phenoxy) is 1. The zero-order valence-corrected chi connectivity index (χ0v) is 12.9. The topological polar surface area (TPSA) is 9.23 Å². The summed E-state index contributed by atoms with van der Waals surface area (Å²) in [6, 6.07) is 6.54.